The molecule has 0 saturated heterocycles. The van der Waals surface area contributed by atoms with Crippen molar-refractivity contribution in [2.75, 3.05) is 39.6 Å². The van der Waals surface area contributed by atoms with Gasteiger partial charge in [0.15, 0.2) is 12.2 Å². The Kier molecular flexibility index (Phi) is 72.9. The van der Waals surface area contributed by atoms with E-state index in [0.29, 0.717) is 25.7 Å². The van der Waals surface area contributed by atoms with E-state index >= 15 is 0 Å². The number of hydrogen-bond donors (Lipinski definition) is 3. The summed E-state index contributed by atoms with van der Waals surface area (Å²) in [5.74, 6) is -2.11. The van der Waals surface area contributed by atoms with Gasteiger partial charge in [-0.15, -0.1) is 0 Å². The average Bonchev–Trinajstić information content (AvgIpc) is 1.08. The molecule has 0 aromatic rings. The molecule has 17 nitrogen and oxygen atoms in total. The second-order valence-corrected chi connectivity index (χ2v) is 31.7. The zero-order valence-corrected chi connectivity index (χ0v) is 66.3. The fourth-order valence-corrected chi connectivity index (χ4v) is 14.0. The molecule has 0 amide bonds. The maximum atomic E-state index is 13.1. The summed E-state index contributed by atoms with van der Waals surface area (Å²) in [6.45, 7) is 5.01. The van der Waals surface area contributed by atoms with Crippen LogP contribution in [0, 0.1) is 0 Å². The van der Waals surface area contributed by atoms with Gasteiger partial charge in [-0.3, -0.25) is 37.3 Å². The van der Waals surface area contributed by atoms with E-state index in [1.54, 1.807) is 0 Å². The third kappa shape index (κ3) is 74.1. The molecular formula is C80H156O17P2. The van der Waals surface area contributed by atoms with Gasteiger partial charge in [-0.05, 0) is 25.7 Å². The smallest absolute Gasteiger partial charge is 0.462 e. The van der Waals surface area contributed by atoms with Crippen molar-refractivity contribution in [3.63, 3.8) is 0 Å². The number of carbonyl (C=O) groups is 4. The highest BCUT2D eigenvalue weighted by atomic mass is 31.2. The summed E-state index contributed by atoms with van der Waals surface area (Å²) < 4.78 is 68.6. The molecule has 5 atom stereocenters. The van der Waals surface area contributed by atoms with Crippen molar-refractivity contribution in [2.45, 2.75) is 451 Å². The minimum absolute atomic E-state index is 0.109. The van der Waals surface area contributed by atoms with Crippen LogP contribution in [0.1, 0.15) is 432 Å². The van der Waals surface area contributed by atoms with Crippen LogP contribution in [0.5, 0.6) is 0 Å². The molecule has 2 unspecified atom stereocenters. The molecule has 0 aliphatic rings. The number of phosphoric ester groups is 2. The standard InChI is InChI=1S/C80H156O17P2/c1-5-9-13-17-21-25-28-31-34-35-36-37-38-39-41-44-47-51-55-59-63-67-80(85)97-76(71-91-78(83)65-61-57-53-49-45-43-40-32-29-26-22-18-14-10-6-2)73-95-99(88,89)93-69-74(81)68-92-98(86,87)94-72-75(70-90-77(82)64-60-56-52-48-24-20-16-12-8-4)96-79(84)66-62-58-54-50-46-42-33-30-27-23-19-15-11-7-3/h74-76,81H,5-73H2,1-4H3,(H,86,87)(H,88,89)/t74-,75+,76+/m0/s1. The van der Waals surface area contributed by atoms with Gasteiger partial charge in [0.25, 0.3) is 0 Å². The van der Waals surface area contributed by atoms with E-state index in [4.69, 9.17) is 37.0 Å². The number of phosphoric acid groups is 2. The summed E-state index contributed by atoms with van der Waals surface area (Å²) in [6.07, 6.45) is 66.6. The van der Waals surface area contributed by atoms with Crippen LogP contribution in [-0.4, -0.2) is 96.7 Å². The molecule has 0 bridgehead atoms. The lowest BCUT2D eigenvalue weighted by Crippen LogP contribution is -2.30. The third-order valence-electron chi connectivity index (χ3n) is 18.9. The summed E-state index contributed by atoms with van der Waals surface area (Å²) in [5, 5.41) is 10.6. The van der Waals surface area contributed by atoms with Crippen LogP contribution in [0.2, 0.25) is 0 Å². The average molecular weight is 1450 g/mol. The predicted octanol–water partition coefficient (Wildman–Crippen LogP) is 24.2. The topological polar surface area (TPSA) is 237 Å². The molecule has 0 aliphatic carbocycles. The lowest BCUT2D eigenvalue weighted by Gasteiger charge is -2.21. The highest BCUT2D eigenvalue weighted by Gasteiger charge is 2.30. The van der Waals surface area contributed by atoms with Crippen LogP contribution < -0.4 is 0 Å². The summed E-state index contributed by atoms with van der Waals surface area (Å²) in [4.78, 5) is 72.9. The minimum Gasteiger partial charge on any atom is -0.462 e. The monoisotopic (exact) mass is 1450 g/mol. The zero-order valence-electron chi connectivity index (χ0n) is 64.5. The van der Waals surface area contributed by atoms with Gasteiger partial charge in [-0.1, -0.05) is 381 Å². The minimum atomic E-state index is -4.96. The number of rotatable bonds is 81. The van der Waals surface area contributed by atoms with Crippen LogP contribution in [0.15, 0.2) is 0 Å². The molecule has 19 heteroatoms. The summed E-state index contributed by atoms with van der Waals surface area (Å²) in [6, 6.07) is 0. The van der Waals surface area contributed by atoms with Gasteiger partial charge in [-0.2, -0.15) is 0 Å². The van der Waals surface area contributed by atoms with E-state index in [1.807, 2.05) is 0 Å². The lowest BCUT2D eigenvalue weighted by molar-refractivity contribution is -0.161. The number of ether oxygens (including phenoxy) is 4. The van der Waals surface area contributed by atoms with Crippen LogP contribution >= 0.6 is 15.6 Å². The number of carbonyl (C=O) groups excluding carboxylic acids is 4. The summed E-state index contributed by atoms with van der Waals surface area (Å²) in [5.41, 5.74) is 0. The van der Waals surface area contributed by atoms with Gasteiger partial charge < -0.3 is 33.8 Å². The highest BCUT2D eigenvalue weighted by molar-refractivity contribution is 7.47. The number of hydrogen-bond acceptors (Lipinski definition) is 15. The largest absolute Gasteiger partial charge is 0.472 e. The van der Waals surface area contributed by atoms with Gasteiger partial charge in [0, 0.05) is 25.7 Å². The van der Waals surface area contributed by atoms with Crippen molar-refractivity contribution in [2.24, 2.45) is 0 Å². The van der Waals surface area contributed by atoms with Crippen molar-refractivity contribution in [1.82, 2.24) is 0 Å². The molecule has 0 heterocycles. The van der Waals surface area contributed by atoms with Gasteiger partial charge in [0.2, 0.25) is 0 Å². The number of aliphatic hydroxyl groups is 1. The quantitative estimate of drug-likeness (QED) is 0.0222. The number of unbranched alkanes of at least 4 members (excludes halogenated alkanes) is 55. The fraction of sp³-hybridized carbons (Fsp3) is 0.950. The predicted molar refractivity (Wildman–Crippen MR) is 405 cm³/mol. The Labute approximate surface area is 607 Å². The Hall–Kier alpha value is -1.94. The van der Waals surface area contributed by atoms with Crippen LogP contribution in [0.4, 0.5) is 0 Å². The molecule has 3 N–H and O–H groups in total. The van der Waals surface area contributed by atoms with Crippen LogP contribution in [0.25, 0.3) is 0 Å². The number of aliphatic hydroxyl groups excluding tert-OH is 1. The van der Waals surface area contributed by atoms with E-state index in [1.165, 1.54) is 263 Å². The lowest BCUT2D eigenvalue weighted by atomic mass is 10.0. The molecule has 588 valence electrons. The summed E-state index contributed by atoms with van der Waals surface area (Å²) in [7, 11) is -9.91. The molecule has 99 heavy (non-hydrogen) atoms. The molecule has 0 fully saturated rings. The molecule has 0 aromatic heterocycles. The molecule has 0 saturated carbocycles. The SMILES string of the molecule is CCCCCCCCCCCCCCCCCCCCCCCC(=O)O[C@H](COC(=O)CCCCCCCCCCCCCCCCC)COP(=O)(O)OC[C@@H](O)COP(=O)(O)OC[C@@H](COC(=O)CCCCCCCCCCC)OC(=O)CCCCCCCCCCCCCCCC. The Morgan fingerprint density at radius 3 is 0.596 bits per heavy atom. The highest BCUT2D eigenvalue weighted by Crippen LogP contribution is 2.45. The van der Waals surface area contributed by atoms with Crippen molar-refractivity contribution in [3.8, 4) is 0 Å². The molecule has 0 aromatic carbocycles. The van der Waals surface area contributed by atoms with Crippen LogP contribution in [0.3, 0.4) is 0 Å². The normalized spacial score (nSPS) is 13.8. The van der Waals surface area contributed by atoms with Gasteiger partial charge >= 0.3 is 39.5 Å². The van der Waals surface area contributed by atoms with E-state index in [-0.39, 0.29) is 25.7 Å². The Morgan fingerprint density at radius 1 is 0.242 bits per heavy atom. The molecule has 0 spiro atoms. The maximum absolute atomic E-state index is 13.1. The van der Waals surface area contributed by atoms with Gasteiger partial charge in [-0.25, -0.2) is 9.13 Å². The van der Waals surface area contributed by atoms with Gasteiger partial charge in [0.1, 0.15) is 19.3 Å². The van der Waals surface area contributed by atoms with E-state index in [9.17, 15) is 43.2 Å². The van der Waals surface area contributed by atoms with Crippen molar-refractivity contribution in [1.29, 1.82) is 0 Å². The zero-order chi connectivity index (χ0) is 72.5. The van der Waals surface area contributed by atoms with Gasteiger partial charge in [0.05, 0.1) is 26.4 Å². The number of esters is 4. The molecular weight excluding hydrogens is 1290 g/mol. The van der Waals surface area contributed by atoms with E-state index < -0.39 is 97.5 Å². The Bertz CT molecular complexity index is 1880. The maximum Gasteiger partial charge on any atom is 0.472 e. The van der Waals surface area contributed by atoms with E-state index in [0.717, 1.165) is 89.9 Å². The van der Waals surface area contributed by atoms with Crippen molar-refractivity contribution in [3.05, 3.63) is 0 Å². The second kappa shape index (κ2) is 74.3. The van der Waals surface area contributed by atoms with Crippen molar-refractivity contribution < 1.29 is 80.2 Å². The van der Waals surface area contributed by atoms with E-state index in [2.05, 4.69) is 27.7 Å². The first-order valence-electron chi connectivity index (χ1n) is 41.8. The first-order valence-corrected chi connectivity index (χ1v) is 44.8. The molecule has 0 radical (unpaired) electrons. The van der Waals surface area contributed by atoms with Crippen LogP contribution in [-0.2, 0) is 65.4 Å². The Morgan fingerprint density at radius 2 is 0.404 bits per heavy atom. The molecule has 0 rings (SSSR count). The second-order valence-electron chi connectivity index (χ2n) is 28.8. The Balaban J connectivity index is 5.20. The molecule has 0 aliphatic heterocycles. The third-order valence-corrected chi connectivity index (χ3v) is 20.8. The first-order chi connectivity index (χ1) is 48.2. The first kappa shape index (κ1) is 97.1. The summed E-state index contributed by atoms with van der Waals surface area (Å²) >= 11 is 0. The fourth-order valence-electron chi connectivity index (χ4n) is 12.5. The van der Waals surface area contributed by atoms with Crippen molar-refractivity contribution >= 4 is 39.5 Å².